The average Bonchev–Trinajstić information content (AvgIpc) is 2.82. The minimum Gasteiger partial charge on any atom is -0.452 e. The van der Waals surface area contributed by atoms with Crippen LogP contribution in [0.4, 0.5) is 10.1 Å². The van der Waals surface area contributed by atoms with Crippen molar-refractivity contribution in [2.24, 2.45) is 0 Å². The molecular weight excluding hydrogens is 431 g/mol. The standard InChI is InChI=1S/C24H21FN2O4S/c25-18-10-12-19(13-11-18)27-23(29)16-32-21-9-5-4-8-20(21)24(30)31-15-22(28)26-14-17-6-2-1-3-7-17/h1-13H,14-16H2,(H,26,28)(H,27,29). The lowest BCUT2D eigenvalue weighted by Crippen LogP contribution is -2.28. The number of nitrogens with one attached hydrogen (secondary N) is 2. The molecular formula is C24H21FN2O4S. The first kappa shape index (κ1) is 23.0. The Balaban J connectivity index is 1.49. The fourth-order valence-corrected chi connectivity index (χ4v) is 3.53. The van der Waals surface area contributed by atoms with Crippen molar-refractivity contribution >= 4 is 35.2 Å². The molecule has 0 saturated heterocycles. The minimum absolute atomic E-state index is 0.0409. The SMILES string of the molecule is O=C(COC(=O)c1ccccc1SCC(=O)Nc1ccc(F)cc1)NCc1ccccc1. The van der Waals surface area contributed by atoms with Gasteiger partial charge in [-0.2, -0.15) is 0 Å². The molecule has 0 aromatic heterocycles. The number of benzene rings is 3. The van der Waals surface area contributed by atoms with Gasteiger partial charge in [0.25, 0.3) is 5.91 Å². The molecule has 8 heteroatoms. The molecule has 0 aliphatic heterocycles. The summed E-state index contributed by atoms with van der Waals surface area (Å²) in [5, 5.41) is 5.35. The molecule has 164 valence electrons. The zero-order valence-electron chi connectivity index (χ0n) is 17.0. The number of esters is 1. The second kappa shape index (κ2) is 11.7. The number of hydrogen-bond acceptors (Lipinski definition) is 5. The topological polar surface area (TPSA) is 84.5 Å². The van der Waals surface area contributed by atoms with Gasteiger partial charge < -0.3 is 15.4 Å². The molecule has 6 nitrogen and oxygen atoms in total. The van der Waals surface area contributed by atoms with Crippen molar-refractivity contribution in [2.45, 2.75) is 11.4 Å². The van der Waals surface area contributed by atoms with Crippen LogP contribution in [0.3, 0.4) is 0 Å². The first-order valence-electron chi connectivity index (χ1n) is 9.76. The largest absolute Gasteiger partial charge is 0.452 e. The van der Waals surface area contributed by atoms with Crippen LogP contribution in [0, 0.1) is 5.82 Å². The number of thioether (sulfide) groups is 1. The first-order valence-corrected chi connectivity index (χ1v) is 10.7. The third kappa shape index (κ3) is 7.24. The molecule has 0 bridgehead atoms. The van der Waals surface area contributed by atoms with Crippen molar-refractivity contribution in [3.05, 3.63) is 95.8 Å². The number of amides is 2. The smallest absolute Gasteiger partial charge is 0.339 e. The monoisotopic (exact) mass is 452 g/mol. The van der Waals surface area contributed by atoms with Crippen LogP contribution < -0.4 is 10.6 Å². The van der Waals surface area contributed by atoms with Gasteiger partial charge in [-0.15, -0.1) is 11.8 Å². The lowest BCUT2D eigenvalue weighted by Gasteiger charge is -2.10. The Kier molecular flexibility index (Phi) is 8.39. The summed E-state index contributed by atoms with van der Waals surface area (Å²) in [5.74, 6) is -1.71. The van der Waals surface area contributed by atoms with E-state index in [1.807, 2.05) is 30.3 Å². The van der Waals surface area contributed by atoms with E-state index in [0.29, 0.717) is 17.1 Å². The Morgan fingerprint density at radius 3 is 2.28 bits per heavy atom. The highest BCUT2D eigenvalue weighted by molar-refractivity contribution is 8.00. The molecule has 2 N–H and O–H groups in total. The Labute approximate surface area is 189 Å². The molecule has 0 spiro atoms. The highest BCUT2D eigenvalue weighted by Gasteiger charge is 2.15. The summed E-state index contributed by atoms with van der Waals surface area (Å²) in [7, 11) is 0. The lowest BCUT2D eigenvalue weighted by molar-refractivity contribution is -0.124. The van der Waals surface area contributed by atoms with Crippen LogP contribution in [0.1, 0.15) is 15.9 Å². The van der Waals surface area contributed by atoms with Crippen LogP contribution in [0.2, 0.25) is 0 Å². The first-order chi connectivity index (χ1) is 15.5. The molecule has 3 rings (SSSR count). The molecule has 0 aliphatic carbocycles. The number of halogens is 1. The van der Waals surface area contributed by atoms with Crippen LogP contribution in [0.15, 0.2) is 83.8 Å². The number of hydrogen-bond donors (Lipinski definition) is 2. The van der Waals surface area contributed by atoms with Gasteiger partial charge in [0, 0.05) is 17.1 Å². The number of rotatable bonds is 9. The molecule has 32 heavy (non-hydrogen) atoms. The van der Waals surface area contributed by atoms with E-state index >= 15 is 0 Å². The molecule has 0 unspecified atom stereocenters. The molecule has 0 radical (unpaired) electrons. The van der Waals surface area contributed by atoms with Crippen molar-refractivity contribution in [2.75, 3.05) is 17.7 Å². The van der Waals surface area contributed by atoms with E-state index in [-0.39, 0.29) is 17.2 Å². The van der Waals surface area contributed by atoms with Crippen LogP contribution in [-0.2, 0) is 20.9 Å². The Hall–Kier alpha value is -3.65. The van der Waals surface area contributed by atoms with Gasteiger partial charge in [0.15, 0.2) is 6.61 Å². The fourth-order valence-electron chi connectivity index (χ4n) is 2.69. The molecule has 3 aromatic carbocycles. The van der Waals surface area contributed by atoms with Crippen molar-refractivity contribution in [3.63, 3.8) is 0 Å². The maximum atomic E-state index is 13.0. The highest BCUT2D eigenvalue weighted by atomic mass is 32.2. The van der Waals surface area contributed by atoms with E-state index in [4.69, 9.17) is 4.74 Å². The predicted octanol–water partition coefficient (Wildman–Crippen LogP) is 4.03. The van der Waals surface area contributed by atoms with Crippen LogP contribution >= 0.6 is 11.8 Å². The van der Waals surface area contributed by atoms with Crippen LogP contribution in [0.5, 0.6) is 0 Å². The summed E-state index contributed by atoms with van der Waals surface area (Å²) >= 11 is 1.16. The summed E-state index contributed by atoms with van der Waals surface area (Å²) in [5.41, 5.74) is 1.68. The zero-order chi connectivity index (χ0) is 22.8. The highest BCUT2D eigenvalue weighted by Crippen LogP contribution is 2.23. The van der Waals surface area contributed by atoms with E-state index in [1.165, 1.54) is 24.3 Å². The van der Waals surface area contributed by atoms with Gasteiger partial charge in [-0.05, 0) is 42.0 Å². The summed E-state index contributed by atoms with van der Waals surface area (Å²) in [4.78, 5) is 37.2. The van der Waals surface area contributed by atoms with Crippen molar-refractivity contribution in [1.82, 2.24) is 5.32 Å². The van der Waals surface area contributed by atoms with E-state index in [2.05, 4.69) is 10.6 Å². The zero-order valence-corrected chi connectivity index (χ0v) is 17.9. The van der Waals surface area contributed by atoms with E-state index in [9.17, 15) is 18.8 Å². The van der Waals surface area contributed by atoms with E-state index in [0.717, 1.165) is 17.3 Å². The van der Waals surface area contributed by atoms with Crippen LogP contribution in [0.25, 0.3) is 0 Å². The minimum atomic E-state index is -0.651. The Morgan fingerprint density at radius 2 is 1.53 bits per heavy atom. The second-order valence-corrected chi connectivity index (χ2v) is 7.70. The third-order valence-corrected chi connectivity index (χ3v) is 5.33. The maximum absolute atomic E-state index is 13.0. The molecule has 2 amide bonds. The predicted molar refractivity (Wildman–Crippen MR) is 121 cm³/mol. The summed E-state index contributed by atoms with van der Waals surface area (Å²) < 4.78 is 18.1. The fraction of sp³-hybridized carbons (Fsp3) is 0.125. The summed E-state index contributed by atoms with van der Waals surface area (Å²) in [6.07, 6.45) is 0. The second-order valence-electron chi connectivity index (χ2n) is 6.68. The number of carbonyl (C=O) groups is 3. The van der Waals surface area contributed by atoms with Crippen molar-refractivity contribution < 1.29 is 23.5 Å². The van der Waals surface area contributed by atoms with Crippen molar-refractivity contribution in [1.29, 1.82) is 0 Å². The number of anilines is 1. The van der Waals surface area contributed by atoms with Gasteiger partial charge in [0.05, 0.1) is 11.3 Å². The van der Waals surface area contributed by atoms with Gasteiger partial charge in [-0.1, -0.05) is 42.5 Å². The molecule has 0 heterocycles. The Morgan fingerprint density at radius 1 is 0.844 bits per heavy atom. The van der Waals surface area contributed by atoms with Gasteiger partial charge in [0.2, 0.25) is 5.91 Å². The van der Waals surface area contributed by atoms with Gasteiger partial charge in [0.1, 0.15) is 5.82 Å². The molecule has 3 aromatic rings. The number of ether oxygens (including phenoxy) is 1. The Bertz CT molecular complexity index is 1070. The van der Waals surface area contributed by atoms with E-state index in [1.54, 1.807) is 24.3 Å². The number of carbonyl (C=O) groups excluding carboxylic acids is 3. The van der Waals surface area contributed by atoms with Crippen molar-refractivity contribution in [3.8, 4) is 0 Å². The normalized spacial score (nSPS) is 10.3. The molecule has 0 atom stereocenters. The van der Waals surface area contributed by atoms with Gasteiger partial charge >= 0.3 is 5.97 Å². The van der Waals surface area contributed by atoms with Gasteiger partial charge in [-0.25, -0.2) is 9.18 Å². The van der Waals surface area contributed by atoms with Crippen LogP contribution in [-0.4, -0.2) is 30.1 Å². The molecule has 0 aliphatic rings. The summed E-state index contributed by atoms with van der Waals surface area (Å²) in [6.45, 7) is -0.0669. The summed E-state index contributed by atoms with van der Waals surface area (Å²) in [6, 6.07) is 21.5. The third-order valence-electron chi connectivity index (χ3n) is 4.26. The molecule has 0 fully saturated rings. The van der Waals surface area contributed by atoms with E-state index < -0.39 is 24.3 Å². The average molecular weight is 453 g/mol. The van der Waals surface area contributed by atoms with Gasteiger partial charge in [-0.3, -0.25) is 9.59 Å². The molecule has 0 saturated carbocycles. The quantitative estimate of drug-likeness (QED) is 0.378. The maximum Gasteiger partial charge on any atom is 0.339 e. The lowest BCUT2D eigenvalue weighted by atomic mass is 10.2.